The average Bonchev–Trinajstić information content (AvgIpc) is 2.57. The van der Waals surface area contributed by atoms with Crippen LogP contribution < -0.4 is 4.72 Å². The van der Waals surface area contributed by atoms with Gasteiger partial charge < -0.3 is 4.74 Å². The largest absolute Gasteiger partial charge is 0.465 e. The number of benzene rings is 2. The summed E-state index contributed by atoms with van der Waals surface area (Å²) in [5.41, 5.74) is 5.31. The third kappa shape index (κ3) is 3.54. The second kappa shape index (κ2) is 6.88. The van der Waals surface area contributed by atoms with Crippen LogP contribution in [0.15, 0.2) is 29.2 Å². The smallest absolute Gasteiger partial charge is 0.337 e. The number of carbonyl (C=O) groups excluding carboxylic acids is 1. The van der Waals surface area contributed by atoms with Gasteiger partial charge in [-0.25, -0.2) is 13.2 Å². The van der Waals surface area contributed by atoms with E-state index >= 15 is 0 Å². The van der Waals surface area contributed by atoms with Crippen molar-refractivity contribution < 1.29 is 17.9 Å². The fourth-order valence-corrected chi connectivity index (χ4v) is 4.53. The molecule has 0 bridgehead atoms. The first-order chi connectivity index (χ1) is 11.6. The zero-order valence-electron chi connectivity index (χ0n) is 15.4. The quantitative estimate of drug-likeness (QED) is 0.841. The summed E-state index contributed by atoms with van der Waals surface area (Å²) in [6, 6.07) is 6.13. The topological polar surface area (TPSA) is 72.5 Å². The molecule has 0 unspecified atom stereocenters. The Bertz CT molecular complexity index is 900. The van der Waals surface area contributed by atoms with Gasteiger partial charge in [-0.3, -0.25) is 4.72 Å². The Balaban J connectivity index is 2.46. The number of rotatable bonds is 4. The SMILES string of the molecule is COC(=O)c1ccc(NS(=O)(=O)c2c(C)c(C)c(C)c(C)c2C)cc1. The monoisotopic (exact) mass is 361 g/mol. The fourth-order valence-electron chi connectivity index (χ4n) is 2.87. The molecule has 0 saturated carbocycles. The molecule has 0 aliphatic rings. The summed E-state index contributed by atoms with van der Waals surface area (Å²) in [6.45, 7) is 9.51. The number of methoxy groups -OCH3 is 1. The number of carbonyl (C=O) groups is 1. The van der Waals surface area contributed by atoms with Crippen LogP contribution in [0.3, 0.4) is 0 Å². The lowest BCUT2D eigenvalue weighted by atomic mass is 9.95. The van der Waals surface area contributed by atoms with Gasteiger partial charge >= 0.3 is 5.97 Å². The summed E-state index contributed by atoms with van der Waals surface area (Å²) in [4.78, 5) is 11.8. The lowest BCUT2D eigenvalue weighted by molar-refractivity contribution is 0.0601. The molecule has 0 aliphatic heterocycles. The molecule has 0 saturated heterocycles. The molecule has 0 radical (unpaired) electrons. The molecule has 0 amide bonds. The van der Waals surface area contributed by atoms with Crippen LogP contribution in [0.2, 0.25) is 0 Å². The summed E-state index contributed by atoms with van der Waals surface area (Å²) in [5, 5.41) is 0. The lowest BCUT2D eigenvalue weighted by Gasteiger charge is -2.19. The Morgan fingerprint density at radius 1 is 0.840 bits per heavy atom. The van der Waals surface area contributed by atoms with E-state index in [1.54, 1.807) is 12.1 Å². The molecule has 2 aromatic carbocycles. The van der Waals surface area contributed by atoms with E-state index in [0.29, 0.717) is 16.1 Å². The van der Waals surface area contributed by atoms with Crippen LogP contribution in [0.4, 0.5) is 5.69 Å². The fraction of sp³-hybridized carbons (Fsp3) is 0.316. The van der Waals surface area contributed by atoms with Gasteiger partial charge in [0.1, 0.15) is 0 Å². The standard InChI is InChI=1S/C19H23NO4S/c1-11-12(2)14(4)18(15(5)13(11)3)25(22,23)20-17-9-7-16(8-10-17)19(21)24-6/h7-10,20H,1-6H3. The molecule has 0 atom stereocenters. The second-order valence-electron chi connectivity index (χ2n) is 6.13. The summed E-state index contributed by atoms with van der Waals surface area (Å²) in [7, 11) is -2.44. The van der Waals surface area contributed by atoms with Gasteiger partial charge in [0.05, 0.1) is 17.6 Å². The first-order valence-corrected chi connectivity index (χ1v) is 9.36. The highest BCUT2D eigenvalue weighted by Gasteiger charge is 2.23. The van der Waals surface area contributed by atoms with Crippen molar-refractivity contribution in [2.45, 2.75) is 39.5 Å². The Morgan fingerprint density at radius 2 is 1.28 bits per heavy atom. The molecule has 0 aromatic heterocycles. The maximum Gasteiger partial charge on any atom is 0.337 e. The minimum absolute atomic E-state index is 0.310. The van der Waals surface area contributed by atoms with E-state index in [2.05, 4.69) is 9.46 Å². The second-order valence-corrected chi connectivity index (χ2v) is 7.75. The van der Waals surface area contributed by atoms with Crippen LogP contribution in [0.25, 0.3) is 0 Å². The average molecular weight is 361 g/mol. The van der Waals surface area contributed by atoms with Crippen LogP contribution in [0, 0.1) is 34.6 Å². The molecular formula is C19H23NO4S. The van der Waals surface area contributed by atoms with Gasteiger partial charge in [-0.05, 0) is 86.7 Å². The van der Waals surface area contributed by atoms with E-state index in [1.165, 1.54) is 19.2 Å². The lowest BCUT2D eigenvalue weighted by Crippen LogP contribution is -2.17. The minimum atomic E-state index is -3.74. The van der Waals surface area contributed by atoms with Crippen LogP contribution >= 0.6 is 0 Å². The van der Waals surface area contributed by atoms with Gasteiger partial charge in [-0.15, -0.1) is 0 Å². The molecule has 1 N–H and O–H groups in total. The summed E-state index contributed by atoms with van der Waals surface area (Å²) < 4.78 is 33.1. The minimum Gasteiger partial charge on any atom is -0.465 e. The third-order valence-corrected chi connectivity index (χ3v) is 6.41. The first-order valence-electron chi connectivity index (χ1n) is 7.88. The van der Waals surface area contributed by atoms with Gasteiger partial charge in [0.25, 0.3) is 10.0 Å². The molecular weight excluding hydrogens is 338 g/mol. The number of hydrogen-bond acceptors (Lipinski definition) is 4. The van der Waals surface area contributed by atoms with E-state index < -0.39 is 16.0 Å². The normalized spacial score (nSPS) is 11.3. The van der Waals surface area contributed by atoms with Crippen LogP contribution in [-0.4, -0.2) is 21.5 Å². The molecule has 0 fully saturated rings. The molecule has 25 heavy (non-hydrogen) atoms. The van der Waals surface area contributed by atoms with Crippen LogP contribution in [-0.2, 0) is 14.8 Å². The van der Waals surface area contributed by atoms with Crippen molar-refractivity contribution >= 4 is 21.7 Å². The summed E-state index contributed by atoms with van der Waals surface area (Å²) in [6.07, 6.45) is 0. The Morgan fingerprint density at radius 3 is 1.72 bits per heavy atom. The molecule has 2 rings (SSSR count). The zero-order valence-corrected chi connectivity index (χ0v) is 16.2. The van der Waals surface area contributed by atoms with E-state index in [-0.39, 0.29) is 0 Å². The third-order valence-electron chi connectivity index (χ3n) is 4.76. The summed E-state index contributed by atoms with van der Waals surface area (Å²) >= 11 is 0. The van der Waals surface area contributed by atoms with Crippen molar-refractivity contribution in [3.05, 3.63) is 57.6 Å². The van der Waals surface area contributed by atoms with Crippen molar-refractivity contribution in [1.29, 1.82) is 0 Å². The Kier molecular flexibility index (Phi) is 5.23. The Hall–Kier alpha value is -2.34. The highest BCUT2D eigenvalue weighted by Crippen LogP contribution is 2.30. The van der Waals surface area contributed by atoms with Gasteiger partial charge in [-0.1, -0.05) is 0 Å². The number of hydrogen-bond donors (Lipinski definition) is 1. The van der Waals surface area contributed by atoms with Crippen molar-refractivity contribution in [1.82, 2.24) is 0 Å². The molecule has 0 aliphatic carbocycles. The molecule has 0 heterocycles. The van der Waals surface area contributed by atoms with E-state index in [1.807, 2.05) is 34.6 Å². The van der Waals surface area contributed by atoms with Crippen molar-refractivity contribution in [2.75, 3.05) is 11.8 Å². The van der Waals surface area contributed by atoms with E-state index in [4.69, 9.17) is 0 Å². The molecule has 0 spiro atoms. The van der Waals surface area contributed by atoms with Gasteiger partial charge in [0.15, 0.2) is 0 Å². The van der Waals surface area contributed by atoms with Crippen molar-refractivity contribution in [3.63, 3.8) is 0 Å². The Labute approximate surface area is 149 Å². The first kappa shape index (κ1) is 19.0. The highest BCUT2D eigenvalue weighted by molar-refractivity contribution is 7.92. The maximum atomic E-state index is 12.9. The van der Waals surface area contributed by atoms with E-state index in [9.17, 15) is 13.2 Å². The van der Waals surface area contributed by atoms with Crippen LogP contribution in [0.1, 0.15) is 38.2 Å². The van der Waals surface area contributed by atoms with E-state index in [0.717, 1.165) is 27.8 Å². The zero-order chi connectivity index (χ0) is 18.9. The number of esters is 1. The number of anilines is 1. The van der Waals surface area contributed by atoms with Gasteiger partial charge in [0, 0.05) is 5.69 Å². The number of nitrogens with one attached hydrogen (secondary N) is 1. The maximum absolute atomic E-state index is 12.9. The highest BCUT2D eigenvalue weighted by atomic mass is 32.2. The van der Waals surface area contributed by atoms with Crippen LogP contribution in [0.5, 0.6) is 0 Å². The number of ether oxygens (including phenoxy) is 1. The molecule has 6 heteroatoms. The molecule has 5 nitrogen and oxygen atoms in total. The number of sulfonamides is 1. The summed E-state index contributed by atoms with van der Waals surface area (Å²) in [5.74, 6) is -0.467. The van der Waals surface area contributed by atoms with Crippen molar-refractivity contribution in [3.8, 4) is 0 Å². The molecule has 134 valence electrons. The predicted octanol–water partition coefficient (Wildman–Crippen LogP) is 3.82. The van der Waals surface area contributed by atoms with Crippen molar-refractivity contribution in [2.24, 2.45) is 0 Å². The molecule has 2 aromatic rings. The predicted molar refractivity (Wildman–Crippen MR) is 98.7 cm³/mol. The van der Waals surface area contributed by atoms with Gasteiger partial charge in [-0.2, -0.15) is 0 Å². The van der Waals surface area contributed by atoms with Gasteiger partial charge in [0.2, 0.25) is 0 Å².